The summed E-state index contributed by atoms with van der Waals surface area (Å²) < 4.78 is 5.31. The zero-order chi connectivity index (χ0) is 17.1. The van der Waals surface area contributed by atoms with Crippen molar-refractivity contribution in [3.8, 4) is 0 Å². The van der Waals surface area contributed by atoms with Crippen LogP contribution in [-0.2, 0) is 9.53 Å². The van der Waals surface area contributed by atoms with Gasteiger partial charge in [-0.15, -0.1) is 0 Å². The van der Waals surface area contributed by atoms with Crippen LogP contribution in [0.2, 0.25) is 0 Å². The Kier molecular flexibility index (Phi) is 10.8. The zero-order valence-corrected chi connectivity index (χ0v) is 16.1. The number of carbonyl (C=O) groups is 1. The van der Waals surface area contributed by atoms with Gasteiger partial charge in [-0.05, 0) is 39.0 Å². The van der Waals surface area contributed by atoms with Crippen molar-refractivity contribution in [1.82, 2.24) is 0 Å². The predicted molar refractivity (Wildman–Crippen MR) is 96.1 cm³/mol. The topological polar surface area (TPSA) is 26.3 Å². The Hall–Kier alpha value is -0.530. The molecule has 0 aliphatic heterocycles. The molecule has 0 unspecified atom stereocenters. The monoisotopic (exact) mass is 312 g/mol. The molecule has 0 bridgehead atoms. The number of ether oxygens (including phenoxy) is 1. The zero-order valence-electron chi connectivity index (χ0n) is 16.1. The first-order chi connectivity index (χ1) is 10.1. The molecule has 0 saturated heterocycles. The van der Waals surface area contributed by atoms with Gasteiger partial charge in [-0.25, -0.2) is 0 Å². The molecule has 132 valence electrons. The molecule has 2 nitrogen and oxygen atoms in total. The quantitative estimate of drug-likeness (QED) is 0.315. The number of carbonyl (C=O) groups excluding carboxylic acids is 1. The van der Waals surface area contributed by atoms with E-state index in [2.05, 4.69) is 20.8 Å². The Morgan fingerprint density at radius 2 is 1.09 bits per heavy atom. The van der Waals surface area contributed by atoms with Gasteiger partial charge in [0.25, 0.3) is 0 Å². The van der Waals surface area contributed by atoms with Crippen LogP contribution in [0.15, 0.2) is 0 Å². The summed E-state index contributed by atoms with van der Waals surface area (Å²) in [6.45, 7) is 12.7. The van der Waals surface area contributed by atoms with Gasteiger partial charge in [-0.1, -0.05) is 72.1 Å². The molecule has 0 N–H and O–H groups in total. The van der Waals surface area contributed by atoms with Crippen LogP contribution < -0.4 is 0 Å². The Morgan fingerprint density at radius 1 is 0.682 bits per heavy atom. The lowest BCUT2D eigenvalue weighted by atomic mass is 9.89. The standard InChI is InChI=1S/C20H40O2/c1-19(2,3)17-15-13-11-9-7-8-10-12-14-16-18(21)22-20(4,5)6/h7-17H2,1-6H3. The van der Waals surface area contributed by atoms with E-state index >= 15 is 0 Å². The lowest BCUT2D eigenvalue weighted by Gasteiger charge is -2.19. The minimum atomic E-state index is -0.343. The second-order valence-electron chi connectivity index (χ2n) is 8.83. The molecule has 22 heavy (non-hydrogen) atoms. The van der Waals surface area contributed by atoms with Crippen molar-refractivity contribution >= 4 is 5.97 Å². The van der Waals surface area contributed by atoms with E-state index in [1.807, 2.05) is 20.8 Å². The van der Waals surface area contributed by atoms with E-state index in [9.17, 15) is 4.79 Å². The van der Waals surface area contributed by atoms with E-state index in [0.29, 0.717) is 11.8 Å². The molecule has 0 aromatic heterocycles. The van der Waals surface area contributed by atoms with Gasteiger partial charge in [-0.3, -0.25) is 4.79 Å². The van der Waals surface area contributed by atoms with E-state index in [1.165, 1.54) is 51.4 Å². The van der Waals surface area contributed by atoms with Crippen molar-refractivity contribution in [1.29, 1.82) is 0 Å². The third-order valence-electron chi connectivity index (χ3n) is 3.73. The van der Waals surface area contributed by atoms with Gasteiger partial charge in [0.1, 0.15) is 5.60 Å². The summed E-state index contributed by atoms with van der Waals surface area (Å²) >= 11 is 0. The number of hydrogen-bond acceptors (Lipinski definition) is 2. The van der Waals surface area contributed by atoms with E-state index in [-0.39, 0.29) is 11.6 Å². The maximum atomic E-state index is 11.5. The molecule has 0 heterocycles. The lowest BCUT2D eigenvalue weighted by Crippen LogP contribution is -2.23. The summed E-state index contributed by atoms with van der Waals surface area (Å²) in [5, 5.41) is 0. The third-order valence-corrected chi connectivity index (χ3v) is 3.73. The van der Waals surface area contributed by atoms with Crippen LogP contribution in [0.1, 0.15) is 112 Å². The highest BCUT2D eigenvalue weighted by Gasteiger charge is 2.15. The van der Waals surface area contributed by atoms with Gasteiger partial charge in [0.05, 0.1) is 0 Å². The summed E-state index contributed by atoms with van der Waals surface area (Å²) in [6.07, 6.45) is 13.5. The Morgan fingerprint density at radius 3 is 1.50 bits per heavy atom. The SMILES string of the molecule is CC(C)(C)CCCCCCCCCCCC(=O)OC(C)(C)C. The second kappa shape index (κ2) is 11.1. The highest BCUT2D eigenvalue weighted by Crippen LogP contribution is 2.22. The number of esters is 1. The Balaban J connectivity index is 3.26. The highest BCUT2D eigenvalue weighted by atomic mass is 16.6. The van der Waals surface area contributed by atoms with Crippen molar-refractivity contribution < 1.29 is 9.53 Å². The van der Waals surface area contributed by atoms with E-state index in [0.717, 1.165) is 12.8 Å². The maximum Gasteiger partial charge on any atom is 0.306 e. The van der Waals surface area contributed by atoms with Crippen LogP contribution in [0.4, 0.5) is 0 Å². The Bertz CT molecular complexity index is 281. The van der Waals surface area contributed by atoms with Crippen LogP contribution in [0, 0.1) is 5.41 Å². The smallest absolute Gasteiger partial charge is 0.306 e. The van der Waals surface area contributed by atoms with Crippen LogP contribution in [0.25, 0.3) is 0 Å². The van der Waals surface area contributed by atoms with Crippen molar-refractivity contribution in [3.63, 3.8) is 0 Å². The first-order valence-electron chi connectivity index (χ1n) is 9.32. The molecule has 0 aliphatic carbocycles. The molecule has 0 aromatic rings. The van der Waals surface area contributed by atoms with Crippen LogP contribution in [0.5, 0.6) is 0 Å². The minimum absolute atomic E-state index is 0.0497. The molecule has 0 amide bonds. The average Bonchev–Trinajstić information content (AvgIpc) is 2.32. The fourth-order valence-corrected chi connectivity index (χ4v) is 2.55. The van der Waals surface area contributed by atoms with Gasteiger partial charge in [0, 0.05) is 6.42 Å². The molecular weight excluding hydrogens is 272 g/mol. The van der Waals surface area contributed by atoms with Crippen LogP contribution in [0.3, 0.4) is 0 Å². The molecule has 0 rings (SSSR count). The summed E-state index contributed by atoms with van der Waals surface area (Å²) in [5.41, 5.74) is 0.151. The highest BCUT2D eigenvalue weighted by molar-refractivity contribution is 5.69. The molecule has 0 atom stereocenters. The molecule has 2 heteroatoms. The van der Waals surface area contributed by atoms with Gasteiger partial charge in [0.15, 0.2) is 0 Å². The summed E-state index contributed by atoms with van der Waals surface area (Å²) in [5.74, 6) is -0.0497. The largest absolute Gasteiger partial charge is 0.460 e. The summed E-state index contributed by atoms with van der Waals surface area (Å²) in [7, 11) is 0. The van der Waals surface area contributed by atoms with Gasteiger partial charge in [-0.2, -0.15) is 0 Å². The third kappa shape index (κ3) is 17.5. The van der Waals surface area contributed by atoms with Crippen molar-refractivity contribution in [3.05, 3.63) is 0 Å². The van der Waals surface area contributed by atoms with Gasteiger partial charge >= 0.3 is 5.97 Å². The number of rotatable bonds is 11. The van der Waals surface area contributed by atoms with Crippen molar-refractivity contribution in [2.75, 3.05) is 0 Å². The minimum Gasteiger partial charge on any atom is -0.460 e. The van der Waals surface area contributed by atoms with Crippen molar-refractivity contribution in [2.45, 2.75) is 118 Å². The van der Waals surface area contributed by atoms with Crippen LogP contribution in [-0.4, -0.2) is 11.6 Å². The fourth-order valence-electron chi connectivity index (χ4n) is 2.55. The average molecular weight is 313 g/mol. The lowest BCUT2D eigenvalue weighted by molar-refractivity contribution is -0.154. The first-order valence-corrected chi connectivity index (χ1v) is 9.32. The van der Waals surface area contributed by atoms with E-state index in [4.69, 9.17) is 4.74 Å². The fraction of sp³-hybridized carbons (Fsp3) is 0.950. The normalized spacial score (nSPS) is 12.5. The van der Waals surface area contributed by atoms with Gasteiger partial charge in [0.2, 0.25) is 0 Å². The van der Waals surface area contributed by atoms with Crippen molar-refractivity contribution in [2.24, 2.45) is 5.41 Å². The molecule has 0 aromatic carbocycles. The summed E-state index contributed by atoms with van der Waals surface area (Å²) in [4.78, 5) is 11.5. The van der Waals surface area contributed by atoms with Crippen LogP contribution >= 0.6 is 0 Å². The maximum absolute atomic E-state index is 11.5. The molecule has 0 saturated carbocycles. The second-order valence-corrected chi connectivity index (χ2v) is 8.83. The number of hydrogen-bond donors (Lipinski definition) is 0. The first kappa shape index (κ1) is 21.5. The molecule has 0 spiro atoms. The Labute approximate surface area is 139 Å². The molecule has 0 radical (unpaired) electrons. The molecular formula is C20H40O2. The molecule has 0 aliphatic rings. The predicted octanol–water partition coefficient (Wildman–Crippen LogP) is 6.67. The van der Waals surface area contributed by atoms with E-state index < -0.39 is 0 Å². The van der Waals surface area contributed by atoms with Gasteiger partial charge < -0.3 is 4.74 Å². The van der Waals surface area contributed by atoms with E-state index in [1.54, 1.807) is 0 Å². The number of unbranched alkanes of at least 4 members (excludes halogenated alkanes) is 8. The molecule has 0 fully saturated rings. The summed E-state index contributed by atoms with van der Waals surface area (Å²) in [6, 6.07) is 0.